The van der Waals surface area contributed by atoms with Crippen molar-refractivity contribution in [2.45, 2.75) is 0 Å². The maximum absolute atomic E-state index is 5.41. The van der Waals surface area contributed by atoms with Gasteiger partial charge in [0.05, 0.1) is 22.4 Å². The average molecular weight is 838 g/mol. The summed E-state index contributed by atoms with van der Waals surface area (Å²) < 4.78 is 7.53. The largest absolute Gasteiger partial charge is 0.309 e. The van der Waals surface area contributed by atoms with E-state index in [-0.39, 0.29) is 0 Å². The Balaban J connectivity index is 1.05. The number of para-hydroxylation sites is 2. The Morgan fingerprint density at radius 3 is 1.38 bits per heavy atom. The first-order valence-corrected chi connectivity index (χ1v) is 22.9. The van der Waals surface area contributed by atoms with Gasteiger partial charge in [-0.15, -0.1) is 22.7 Å². The maximum Gasteiger partial charge on any atom is 0.160 e. The van der Waals surface area contributed by atoms with Crippen molar-refractivity contribution in [3.8, 4) is 61.8 Å². The summed E-state index contributed by atoms with van der Waals surface area (Å²) in [6.45, 7) is 0. The summed E-state index contributed by atoms with van der Waals surface area (Å²) in [5, 5.41) is 7.63. The first-order chi connectivity index (χ1) is 31.2. The Bertz CT molecular complexity index is 3740. The molecule has 0 saturated heterocycles. The van der Waals surface area contributed by atoms with Crippen LogP contribution in [0.3, 0.4) is 0 Å². The molecule has 0 spiro atoms. The van der Waals surface area contributed by atoms with Crippen molar-refractivity contribution in [2.24, 2.45) is 0 Å². The van der Waals surface area contributed by atoms with E-state index in [4.69, 9.17) is 9.97 Å². The summed E-state index contributed by atoms with van der Waals surface area (Å²) in [5.41, 5.74) is 13.0. The molecule has 5 heteroatoms. The fourth-order valence-electron chi connectivity index (χ4n) is 9.50. The van der Waals surface area contributed by atoms with Crippen LogP contribution in [0, 0.1) is 0 Å². The first-order valence-electron chi connectivity index (χ1n) is 21.2. The Morgan fingerprint density at radius 2 is 0.778 bits per heavy atom. The highest BCUT2D eigenvalue weighted by molar-refractivity contribution is 7.26. The predicted octanol–water partition coefficient (Wildman–Crippen LogP) is 16.6. The normalized spacial score (nSPS) is 11.8. The Kier molecular flexibility index (Phi) is 8.26. The van der Waals surface area contributed by atoms with Crippen molar-refractivity contribution in [3.63, 3.8) is 0 Å². The highest BCUT2D eigenvalue weighted by atomic mass is 32.1. The lowest BCUT2D eigenvalue weighted by Crippen LogP contribution is -1.98. The molecule has 3 nitrogen and oxygen atoms in total. The molecule has 0 atom stereocenters. The number of nitrogens with zero attached hydrogens (tertiary/aromatic N) is 3. The summed E-state index contributed by atoms with van der Waals surface area (Å²) in [6.07, 6.45) is 0. The molecule has 0 fully saturated rings. The predicted molar refractivity (Wildman–Crippen MR) is 269 cm³/mol. The lowest BCUT2D eigenvalue weighted by molar-refractivity contribution is 1.16. The molecule has 294 valence electrons. The summed E-state index contributed by atoms with van der Waals surface area (Å²) in [4.78, 5) is 10.7. The summed E-state index contributed by atoms with van der Waals surface area (Å²) >= 11 is 3.73. The van der Waals surface area contributed by atoms with E-state index in [1.54, 1.807) is 0 Å². The van der Waals surface area contributed by atoms with Crippen LogP contribution in [-0.4, -0.2) is 14.5 Å². The number of hydrogen-bond acceptors (Lipinski definition) is 4. The van der Waals surface area contributed by atoms with E-state index in [2.05, 4.69) is 211 Å². The van der Waals surface area contributed by atoms with Crippen molar-refractivity contribution in [3.05, 3.63) is 212 Å². The zero-order chi connectivity index (χ0) is 41.4. The van der Waals surface area contributed by atoms with Crippen LogP contribution in [-0.2, 0) is 0 Å². The van der Waals surface area contributed by atoms with E-state index in [0.29, 0.717) is 5.82 Å². The van der Waals surface area contributed by atoms with E-state index >= 15 is 0 Å². The molecule has 63 heavy (non-hydrogen) atoms. The summed E-state index contributed by atoms with van der Waals surface area (Å²) in [5.74, 6) is 0.690. The molecule has 0 aliphatic rings. The van der Waals surface area contributed by atoms with Gasteiger partial charge in [0.25, 0.3) is 0 Å². The van der Waals surface area contributed by atoms with Crippen LogP contribution < -0.4 is 0 Å². The monoisotopic (exact) mass is 837 g/mol. The topological polar surface area (TPSA) is 30.7 Å². The molecule has 0 aliphatic carbocycles. The fraction of sp³-hybridized carbons (Fsp3) is 0. The average Bonchev–Trinajstić information content (AvgIpc) is 4.04. The molecular formula is C58H35N3S2. The molecule has 0 aliphatic heterocycles. The van der Waals surface area contributed by atoms with Crippen LogP contribution >= 0.6 is 22.7 Å². The van der Waals surface area contributed by atoms with Gasteiger partial charge in [-0.1, -0.05) is 152 Å². The van der Waals surface area contributed by atoms with Gasteiger partial charge >= 0.3 is 0 Å². The van der Waals surface area contributed by atoms with E-state index in [9.17, 15) is 0 Å². The van der Waals surface area contributed by atoms with Gasteiger partial charge in [-0.3, -0.25) is 0 Å². The van der Waals surface area contributed by atoms with Crippen molar-refractivity contribution in [1.29, 1.82) is 0 Å². The van der Waals surface area contributed by atoms with Crippen molar-refractivity contribution in [2.75, 3.05) is 0 Å². The van der Waals surface area contributed by atoms with E-state index in [1.807, 2.05) is 28.7 Å². The van der Waals surface area contributed by atoms with Crippen LogP contribution in [0.4, 0.5) is 0 Å². The van der Waals surface area contributed by atoms with Gasteiger partial charge < -0.3 is 4.57 Å². The van der Waals surface area contributed by atoms with Crippen molar-refractivity contribution < 1.29 is 0 Å². The minimum absolute atomic E-state index is 0.690. The number of fused-ring (bicyclic) bond motifs is 9. The van der Waals surface area contributed by atoms with Gasteiger partial charge in [-0.05, 0) is 82.9 Å². The third kappa shape index (κ3) is 5.93. The molecule has 13 aromatic rings. The zero-order valence-corrected chi connectivity index (χ0v) is 35.5. The lowest BCUT2D eigenvalue weighted by Gasteiger charge is -2.15. The highest BCUT2D eigenvalue weighted by Crippen LogP contribution is 2.45. The lowest BCUT2D eigenvalue weighted by atomic mass is 9.93. The molecule has 0 amide bonds. The molecule has 0 N–H and O–H groups in total. The molecule has 9 aromatic carbocycles. The summed E-state index contributed by atoms with van der Waals surface area (Å²) in [6, 6.07) is 76.7. The van der Waals surface area contributed by atoms with Crippen LogP contribution in [0.15, 0.2) is 212 Å². The van der Waals surface area contributed by atoms with Gasteiger partial charge in [0, 0.05) is 73.5 Å². The number of rotatable bonds is 6. The van der Waals surface area contributed by atoms with Crippen LogP contribution in [0.1, 0.15) is 0 Å². The number of hydrogen-bond donors (Lipinski definition) is 0. The van der Waals surface area contributed by atoms with Crippen LogP contribution in [0.2, 0.25) is 0 Å². The van der Waals surface area contributed by atoms with Gasteiger partial charge in [0.2, 0.25) is 0 Å². The van der Waals surface area contributed by atoms with E-state index in [0.717, 1.165) is 44.9 Å². The minimum atomic E-state index is 0.690. The van der Waals surface area contributed by atoms with Crippen LogP contribution in [0.5, 0.6) is 0 Å². The molecular weight excluding hydrogens is 803 g/mol. The molecule has 0 radical (unpaired) electrons. The number of aromatic nitrogens is 3. The highest BCUT2D eigenvalue weighted by Gasteiger charge is 2.19. The molecule has 13 rings (SSSR count). The first kappa shape index (κ1) is 36.0. The fourth-order valence-corrected chi connectivity index (χ4v) is 12.0. The van der Waals surface area contributed by atoms with Gasteiger partial charge in [0.15, 0.2) is 5.82 Å². The second-order valence-corrected chi connectivity index (χ2v) is 18.2. The zero-order valence-electron chi connectivity index (χ0n) is 33.9. The Morgan fingerprint density at radius 1 is 0.317 bits per heavy atom. The van der Waals surface area contributed by atoms with Crippen molar-refractivity contribution >= 4 is 84.8 Å². The minimum Gasteiger partial charge on any atom is -0.309 e. The van der Waals surface area contributed by atoms with Gasteiger partial charge in [-0.2, -0.15) is 0 Å². The van der Waals surface area contributed by atoms with E-state index < -0.39 is 0 Å². The van der Waals surface area contributed by atoms with E-state index in [1.165, 1.54) is 73.3 Å². The summed E-state index contributed by atoms with van der Waals surface area (Å²) in [7, 11) is 0. The molecule has 0 unspecified atom stereocenters. The molecule has 0 bridgehead atoms. The molecule has 4 aromatic heterocycles. The number of thiophene rings is 2. The van der Waals surface area contributed by atoms with Gasteiger partial charge in [0.1, 0.15) is 0 Å². The SMILES string of the molecule is c1ccc(-c2nc(-c3cc(-c4cccc5c4sc4ccccc45)cc(-c4cccc5c4sc4ccccc45)c3)cc(-c3cccc(-n4c5ccccc5c5ccccc54)c3)n2)cc1. The molecule has 0 saturated carbocycles. The standard InChI is InChI=1S/C58H35N3S2/c1-2-15-36(16-3-1)58-59-50(37-17-12-18-41(34-37)61-52-27-8-4-19-44(52)45-20-5-9-28-53(45)61)35-51(60-58)40-32-38(42-23-13-25-48-46-21-6-10-29-54(46)62-56(42)48)31-39(33-40)43-24-14-26-49-47-22-7-11-30-55(47)63-57(43)49/h1-35H. The maximum atomic E-state index is 5.41. The smallest absolute Gasteiger partial charge is 0.160 e. The van der Waals surface area contributed by atoms with Crippen molar-refractivity contribution in [1.82, 2.24) is 14.5 Å². The van der Waals surface area contributed by atoms with Gasteiger partial charge in [-0.25, -0.2) is 9.97 Å². The quantitative estimate of drug-likeness (QED) is 0.167. The second kappa shape index (κ2) is 14.5. The third-order valence-corrected chi connectivity index (χ3v) is 14.8. The third-order valence-electron chi connectivity index (χ3n) is 12.4. The second-order valence-electron chi connectivity index (χ2n) is 16.1. The van der Waals surface area contributed by atoms with Crippen LogP contribution in [0.25, 0.3) is 124 Å². The number of benzene rings is 9. The Hall–Kier alpha value is -7.70. The Labute approximate surface area is 371 Å². The molecule has 4 heterocycles.